The van der Waals surface area contributed by atoms with E-state index in [1.165, 1.54) is 21.5 Å². The van der Waals surface area contributed by atoms with Gasteiger partial charge in [-0.05, 0) is 130 Å². The highest BCUT2D eigenvalue weighted by molar-refractivity contribution is 8.03. The molecule has 2 aromatic heterocycles. The largest absolute Gasteiger partial charge is 0.361 e. The minimum absolute atomic E-state index is 0.806. The van der Waals surface area contributed by atoms with Gasteiger partial charge in [0.2, 0.25) is 0 Å². The minimum Gasteiger partial charge on any atom is -0.361 e. The molecule has 0 amide bonds. The summed E-state index contributed by atoms with van der Waals surface area (Å²) in [7, 11) is 2.02. The Morgan fingerprint density at radius 2 is 1.38 bits per heavy atom. The van der Waals surface area contributed by atoms with Crippen LogP contribution in [0, 0.1) is 0 Å². The molecule has 264 valence electrons. The van der Waals surface area contributed by atoms with Gasteiger partial charge in [0.15, 0.2) is 0 Å². The molecule has 0 radical (unpaired) electrons. The number of thioether (sulfide) groups is 1. The van der Waals surface area contributed by atoms with Crippen LogP contribution in [0.5, 0.6) is 0 Å². The second-order valence-corrected chi connectivity index (χ2v) is 14.8. The van der Waals surface area contributed by atoms with Crippen molar-refractivity contribution in [3.05, 3.63) is 199 Å². The van der Waals surface area contributed by atoms with Crippen LogP contribution in [-0.2, 0) is 5.54 Å². The first-order valence-electron chi connectivity index (χ1n) is 18.3. The quantitative estimate of drug-likeness (QED) is 0.0838. The van der Waals surface area contributed by atoms with E-state index >= 15 is 0 Å². The van der Waals surface area contributed by atoms with E-state index in [2.05, 4.69) is 168 Å². The Kier molecular flexibility index (Phi) is 8.95. The van der Waals surface area contributed by atoms with Crippen molar-refractivity contribution < 1.29 is 0 Å². The summed E-state index contributed by atoms with van der Waals surface area (Å²) in [6.45, 7) is 8.66. The fourth-order valence-electron chi connectivity index (χ4n) is 7.89. The third-order valence-electron chi connectivity index (χ3n) is 10.6. The van der Waals surface area contributed by atoms with Crippen molar-refractivity contribution in [3.63, 3.8) is 0 Å². The number of aromatic nitrogens is 2. The van der Waals surface area contributed by atoms with E-state index in [1.807, 2.05) is 37.5 Å². The van der Waals surface area contributed by atoms with Gasteiger partial charge in [0.05, 0.1) is 16.9 Å². The fraction of sp³-hybridized carbons (Fsp3) is 0.0400. The summed E-state index contributed by atoms with van der Waals surface area (Å²) in [6.07, 6.45) is 1.95. The van der Waals surface area contributed by atoms with Crippen LogP contribution in [0.25, 0.3) is 66.1 Å². The summed E-state index contributed by atoms with van der Waals surface area (Å²) in [4.78, 5) is 14.9. The van der Waals surface area contributed by atoms with E-state index in [4.69, 9.17) is 11.6 Å². The molecule has 0 aliphatic heterocycles. The molecule has 0 aliphatic rings. The molecular weight excluding hydrogens is 689 g/mol. The van der Waals surface area contributed by atoms with Crippen LogP contribution in [-0.4, -0.2) is 23.7 Å². The lowest BCUT2D eigenvalue weighted by molar-refractivity contribution is 0.538. The first kappa shape index (κ1) is 34.3. The van der Waals surface area contributed by atoms with Gasteiger partial charge >= 0.3 is 0 Å². The number of aliphatic imine (C=N–C) groups is 1. The number of nitrogens with zero attached hydrogens (tertiary/aromatic N) is 2. The van der Waals surface area contributed by atoms with Crippen molar-refractivity contribution in [1.29, 1.82) is 0 Å². The summed E-state index contributed by atoms with van der Waals surface area (Å²) >= 11 is 1.62. The van der Waals surface area contributed by atoms with Gasteiger partial charge in [0.25, 0.3) is 0 Å². The van der Waals surface area contributed by atoms with Gasteiger partial charge < -0.3 is 10.3 Å². The van der Waals surface area contributed by atoms with Gasteiger partial charge in [-0.25, -0.2) is 4.98 Å². The van der Waals surface area contributed by atoms with E-state index < -0.39 is 5.54 Å². The Balaban J connectivity index is 1.30. The van der Waals surface area contributed by atoms with Crippen molar-refractivity contribution in [2.45, 2.75) is 10.4 Å². The summed E-state index contributed by atoms with van der Waals surface area (Å²) in [5.74, 6) is 0. The molecule has 2 heterocycles. The van der Waals surface area contributed by atoms with Crippen LogP contribution in [0.1, 0.15) is 11.1 Å². The van der Waals surface area contributed by atoms with Gasteiger partial charge in [0, 0.05) is 32.6 Å². The van der Waals surface area contributed by atoms with Crippen molar-refractivity contribution in [2.75, 3.05) is 7.05 Å². The zero-order chi connectivity index (χ0) is 37.4. The number of pyridine rings is 1. The van der Waals surface area contributed by atoms with Crippen molar-refractivity contribution in [1.82, 2.24) is 15.3 Å². The van der Waals surface area contributed by atoms with E-state index in [1.54, 1.807) is 11.8 Å². The number of nitrogens with one attached hydrogen (secondary N) is 2. The van der Waals surface area contributed by atoms with E-state index in [0.717, 1.165) is 71.2 Å². The Hall–Kier alpha value is -6.53. The van der Waals surface area contributed by atoms with E-state index in [-0.39, 0.29) is 0 Å². The molecule has 0 fully saturated rings. The maximum Gasteiger partial charge on any atom is 0.100 e. The van der Waals surface area contributed by atoms with Crippen LogP contribution < -0.4 is 5.32 Å². The van der Waals surface area contributed by atoms with Crippen LogP contribution in [0.2, 0.25) is 0 Å². The van der Waals surface area contributed by atoms with Gasteiger partial charge in [-0.2, -0.15) is 0 Å². The Bertz CT molecular complexity index is 2880. The van der Waals surface area contributed by atoms with Gasteiger partial charge in [0.1, 0.15) is 5.54 Å². The van der Waals surface area contributed by atoms with Gasteiger partial charge in [-0.1, -0.05) is 121 Å². The zero-order valence-electron chi connectivity index (χ0n) is 30.5. The third kappa shape index (κ3) is 6.14. The first-order chi connectivity index (χ1) is 27.1. The molecule has 5 heteroatoms. The number of aromatic amines is 1. The third-order valence-corrected chi connectivity index (χ3v) is 11.7. The number of benzene rings is 7. The molecule has 0 saturated carbocycles. The molecule has 0 saturated heterocycles. The molecule has 4 nitrogen and oxygen atoms in total. The average Bonchev–Trinajstić information content (AvgIpc) is 3.80. The van der Waals surface area contributed by atoms with Crippen LogP contribution in [0.4, 0.5) is 5.69 Å². The number of H-pyrrole nitrogens is 1. The smallest absolute Gasteiger partial charge is 0.100 e. The maximum atomic E-state index is 5.29. The second kappa shape index (κ2) is 14.4. The topological polar surface area (TPSA) is 53.1 Å². The fourth-order valence-corrected chi connectivity index (χ4v) is 9.03. The van der Waals surface area contributed by atoms with Crippen molar-refractivity contribution in [3.8, 4) is 33.6 Å². The van der Waals surface area contributed by atoms with Gasteiger partial charge in [-0.15, -0.1) is 0 Å². The predicted octanol–water partition coefficient (Wildman–Crippen LogP) is 13.0. The lowest BCUT2D eigenvalue weighted by Gasteiger charge is -2.37. The Morgan fingerprint density at radius 1 is 0.636 bits per heavy atom. The normalized spacial score (nSPS) is 12.5. The molecule has 1 unspecified atom stereocenters. The molecular formula is C50H38N4S. The summed E-state index contributed by atoms with van der Waals surface area (Å²) in [6, 6.07) is 60.1. The second-order valence-electron chi connectivity index (χ2n) is 13.7. The molecule has 1 atom stereocenters. The maximum absolute atomic E-state index is 5.29. The lowest BCUT2D eigenvalue weighted by Crippen LogP contribution is -2.42. The highest BCUT2D eigenvalue weighted by Crippen LogP contribution is 2.48. The summed E-state index contributed by atoms with van der Waals surface area (Å²) in [5.41, 5.74) is 9.46. The number of rotatable bonds is 10. The molecule has 0 aliphatic carbocycles. The zero-order valence-corrected chi connectivity index (χ0v) is 31.3. The Labute approximate surface area is 325 Å². The SMILES string of the molecule is C=Nc1ccccc1SC(=C)C(NC)(c1ccccc1)c1cc(-c2ccc3cc(-c4ccc[nH]4)ccc3n2)cc(-c2cc3ccccc3c3ccccc23)c1. The monoisotopic (exact) mass is 726 g/mol. The molecule has 0 spiro atoms. The highest BCUT2D eigenvalue weighted by Gasteiger charge is 2.37. The number of fused-ring (bicyclic) bond motifs is 4. The van der Waals surface area contributed by atoms with Crippen molar-refractivity contribution >= 4 is 56.6 Å². The number of likely N-dealkylation sites (N-methyl/N-ethyl adjacent to an activating group) is 1. The van der Waals surface area contributed by atoms with Crippen LogP contribution in [0.15, 0.2) is 197 Å². The van der Waals surface area contributed by atoms with Crippen LogP contribution in [0.3, 0.4) is 0 Å². The standard InChI is InChI=1S/C50H38N4S/c1-33(55-49-22-12-11-20-48(49)51-2)50(52-3,39-15-5-4-6-16-39)40-30-37(44-32-34-14-7-8-17-41(34)42-18-9-10-19-43(42)44)29-38(31-40)47-26-24-36-28-35(23-25-46(36)54-47)45-21-13-27-53-45/h4-32,52-53H,1-2H2,3H3. The molecule has 9 aromatic rings. The number of hydrogen-bond acceptors (Lipinski definition) is 4. The molecule has 7 aromatic carbocycles. The van der Waals surface area contributed by atoms with Crippen molar-refractivity contribution in [2.24, 2.45) is 4.99 Å². The average molecular weight is 727 g/mol. The van der Waals surface area contributed by atoms with Gasteiger partial charge in [-0.3, -0.25) is 4.99 Å². The molecule has 2 N–H and O–H groups in total. The first-order valence-corrected chi connectivity index (χ1v) is 19.2. The Morgan fingerprint density at radius 3 is 2.18 bits per heavy atom. The van der Waals surface area contributed by atoms with E-state index in [0.29, 0.717) is 0 Å². The highest BCUT2D eigenvalue weighted by atomic mass is 32.2. The number of hydrogen-bond donors (Lipinski definition) is 2. The number of para-hydroxylation sites is 1. The van der Waals surface area contributed by atoms with Crippen LogP contribution >= 0.6 is 11.8 Å². The van der Waals surface area contributed by atoms with E-state index in [9.17, 15) is 0 Å². The molecule has 0 bridgehead atoms. The molecule has 9 rings (SSSR count). The summed E-state index contributed by atoms with van der Waals surface area (Å²) in [5, 5.41) is 9.72. The molecule has 55 heavy (non-hydrogen) atoms. The summed E-state index contributed by atoms with van der Waals surface area (Å²) < 4.78 is 0. The predicted molar refractivity (Wildman–Crippen MR) is 234 cm³/mol. The lowest BCUT2D eigenvalue weighted by atomic mass is 9.80. The minimum atomic E-state index is -0.806.